The fraction of sp³-hybridized carbons (Fsp3) is 0.250. The molecule has 1 aromatic carbocycles. The maximum atomic E-state index is 14.9. The molecule has 0 spiro atoms. The number of rotatable bonds is 4. The van der Waals surface area contributed by atoms with Crippen LogP contribution in [-0.4, -0.2) is 30.6 Å². The third-order valence-electron chi connectivity index (χ3n) is 4.46. The van der Waals surface area contributed by atoms with Gasteiger partial charge in [-0.3, -0.25) is 4.79 Å². The van der Waals surface area contributed by atoms with Crippen molar-refractivity contribution in [3.8, 4) is 11.3 Å². The predicted molar refractivity (Wildman–Crippen MR) is 108 cm³/mol. The predicted octanol–water partition coefficient (Wildman–Crippen LogP) is 3.80. The van der Waals surface area contributed by atoms with Crippen molar-refractivity contribution in [2.24, 2.45) is 0 Å². The van der Waals surface area contributed by atoms with E-state index in [1.54, 1.807) is 22.8 Å². The lowest BCUT2D eigenvalue weighted by Gasteiger charge is -2.11. The number of nitrogens with zero attached hydrogens (tertiary/aromatic N) is 5. The molecule has 0 saturated carbocycles. The standard InChI is InChI=1S/C20H18ClFN6O2/c1-20(2,3)19-26-18(30-27-19)17(29)23-9-11-7-14(22)12(8-13(11)21)16-15-5-4-6-28(15)25-10-24-16/h4-8,10H,9H2,1-3H3,(H,23,29). The van der Waals surface area contributed by atoms with Crippen molar-refractivity contribution in [3.63, 3.8) is 0 Å². The average molecular weight is 429 g/mol. The summed E-state index contributed by atoms with van der Waals surface area (Å²) in [5.74, 6) is -0.824. The molecule has 0 atom stereocenters. The number of benzene rings is 1. The summed E-state index contributed by atoms with van der Waals surface area (Å²) in [6, 6.07) is 6.33. The van der Waals surface area contributed by atoms with Crippen molar-refractivity contribution in [3.05, 3.63) is 64.9 Å². The topological polar surface area (TPSA) is 98.2 Å². The Morgan fingerprint density at radius 1 is 1.33 bits per heavy atom. The molecule has 8 nitrogen and oxygen atoms in total. The molecule has 1 N–H and O–H groups in total. The Morgan fingerprint density at radius 2 is 2.13 bits per heavy atom. The minimum absolute atomic E-state index is 0.00753. The van der Waals surface area contributed by atoms with Crippen LogP contribution in [0.2, 0.25) is 5.02 Å². The molecular formula is C20H18ClFN6O2. The van der Waals surface area contributed by atoms with Crippen LogP contribution < -0.4 is 5.32 Å². The molecule has 3 aromatic heterocycles. The second kappa shape index (κ2) is 7.49. The molecule has 10 heteroatoms. The van der Waals surface area contributed by atoms with Gasteiger partial charge in [-0.2, -0.15) is 10.1 Å². The third-order valence-corrected chi connectivity index (χ3v) is 4.81. The molecule has 4 aromatic rings. The molecule has 0 unspecified atom stereocenters. The van der Waals surface area contributed by atoms with E-state index in [2.05, 4.69) is 25.5 Å². The Balaban J connectivity index is 1.55. The highest BCUT2D eigenvalue weighted by Gasteiger charge is 2.24. The first-order chi connectivity index (χ1) is 14.2. The van der Waals surface area contributed by atoms with Crippen LogP contribution in [0.25, 0.3) is 16.8 Å². The lowest BCUT2D eigenvalue weighted by molar-refractivity contribution is 0.0907. The summed E-state index contributed by atoms with van der Waals surface area (Å²) in [6.45, 7) is 5.71. The number of aromatic nitrogens is 5. The van der Waals surface area contributed by atoms with Crippen molar-refractivity contribution in [1.82, 2.24) is 30.1 Å². The van der Waals surface area contributed by atoms with Crippen molar-refractivity contribution in [2.45, 2.75) is 32.7 Å². The average Bonchev–Trinajstić information content (AvgIpc) is 3.37. The summed E-state index contributed by atoms with van der Waals surface area (Å²) in [5, 5.41) is 10.8. The van der Waals surface area contributed by atoms with E-state index in [-0.39, 0.29) is 28.4 Å². The van der Waals surface area contributed by atoms with Gasteiger partial charge in [0, 0.05) is 28.7 Å². The quantitative estimate of drug-likeness (QED) is 0.531. The van der Waals surface area contributed by atoms with Gasteiger partial charge in [0.2, 0.25) is 0 Å². The summed E-state index contributed by atoms with van der Waals surface area (Å²) in [7, 11) is 0. The van der Waals surface area contributed by atoms with Gasteiger partial charge >= 0.3 is 11.8 Å². The highest BCUT2D eigenvalue weighted by atomic mass is 35.5. The summed E-state index contributed by atoms with van der Waals surface area (Å²) in [4.78, 5) is 20.6. The van der Waals surface area contributed by atoms with Crippen molar-refractivity contribution in [2.75, 3.05) is 0 Å². The van der Waals surface area contributed by atoms with Crippen molar-refractivity contribution < 1.29 is 13.7 Å². The Kier molecular flexibility index (Phi) is 4.98. The number of fused-ring (bicyclic) bond motifs is 1. The molecule has 0 aliphatic heterocycles. The molecule has 0 radical (unpaired) electrons. The minimum atomic E-state index is -0.566. The van der Waals surface area contributed by atoms with Crippen LogP contribution in [0.1, 0.15) is 42.8 Å². The molecule has 0 bridgehead atoms. The van der Waals surface area contributed by atoms with E-state index in [1.165, 1.54) is 18.5 Å². The fourth-order valence-corrected chi connectivity index (χ4v) is 3.08. The van der Waals surface area contributed by atoms with E-state index < -0.39 is 11.7 Å². The number of carbonyl (C=O) groups is 1. The fourth-order valence-electron chi connectivity index (χ4n) is 2.85. The van der Waals surface area contributed by atoms with Gasteiger partial charge in [-0.15, -0.1) is 0 Å². The number of carbonyl (C=O) groups excluding carboxylic acids is 1. The van der Waals surface area contributed by atoms with E-state index in [1.807, 2.05) is 20.8 Å². The van der Waals surface area contributed by atoms with E-state index in [0.717, 1.165) is 0 Å². The van der Waals surface area contributed by atoms with Crippen molar-refractivity contribution in [1.29, 1.82) is 0 Å². The van der Waals surface area contributed by atoms with Gasteiger partial charge < -0.3 is 9.84 Å². The Hall–Kier alpha value is -3.33. The molecule has 0 saturated heterocycles. The van der Waals surface area contributed by atoms with Gasteiger partial charge in [-0.05, 0) is 29.8 Å². The zero-order valence-corrected chi connectivity index (χ0v) is 17.2. The zero-order chi connectivity index (χ0) is 21.5. The van der Waals surface area contributed by atoms with Crippen LogP contribution in [-0.2, 0) is 12.0 Å². The van der Waals surface area contributed by atoms with Gasteiger partial charge in [0.05, 0.1) is 5.52 Å². The second-order valence-corrected chi connectivity index (χ2v) is 8.13. The maximum Gasteiger partial charge on any atom is 0.315 e. The normalized spacial score (nSPS) is 11.8. The maximum absolute atomic E-state index is 14.9. The molecule has 0 aliphatic carbocycles. The highest BCUT2D eigenvalue weighted by Crippen LogP contribution is 2.30. The Morgan fingerprint density at radius 3 is 2.87 bits per heavy atom. The van der Waals surface area contributed by atoms with Crippen LogP contribution >= 0.6 is 11.6 Å². The van der Waals surface area contributed by atoms with E-state index in [9.17, 15) is 9.18 Å². The summed E-state index contributed by atoms with van der Waals surface area (Å²) in [6.07, 6.45) is 3.09. The molecule has 4 rings (SSSR count). The number of hydrogen-bond donors (Lipinski definition) is 1. The molecule has 0 aliphatic rings. The number of halogens is 2. The van der Waals surface area contributed by atoms with Crippen LogP contribution in [0.3, 0.4) is 0 Å². The first-order valence-electron chi connectivity index (χ1n) is 9.13. The molecule has 3 heterocycles. The van der Waals surface area contributed by atoms with Gasteiger partial charge in [0.15, 0.2) is 5.82 Å². The van der Waals surface area contributed by atoms with Crippen LogP contribution in [0, 0.1) is 5.82 Å². The van der Waals surface area contributed by atoms with Gasteiger partial charge in [-0.25, -0.2) is 13.9 Å². The first-order valence-corrected chi connectivity index (χ1v) is 9.51. The zero-order valence-electron chi connectivity index (χ0n) is 16.5. The third kappa shape index (κ3) is 3.76. The van der Waals surface area contributed by atoms with Gasteiger partial charge in [0.1, 0.15) is 17.8 Å². The molecule has 30 heavy (non-hydrogen) atoms. The Labute approximate surface area is 176 Å². The highest BCUT2D eigenvalue weighted by molar-refractivity contribution is 6.31. The lowest BCUT2D eigenvalue weighted by atomic mass is 9.96. The van der Waals surface area contributed by atoms with Gasteiger partial charge in [-0.1, -0.05) is 37.5 Å². The van der Waals surface area contributed by atoms with E-state index in [4.69, 9.17) is 16.1 Å². The summed E-state index contributed by atoms with van der Waals surface area (Å²) in [5.41, 5.74) is 1.37. The van der Waals surface area contributed by atoms with Crippen molar-refractivity contribution >= 4 is 23.0 Å². The molecule has 1 amide bonds. The number of amides is 1. The molecule has 0 fully saturated rings. The summed E-state index contributed by atoms with van der Waals surface area (Å²) < 4.78 is 21.5. The first kappa shape index (κ1) is 20.0. The lowest BCUT2D eigenvalue weighted by Crippen LogP contribution is -2.24. The monoisotopic (exact) mass is 428 g/mol. The summed E-state index contributed by atoms with van der Waals surface area (Å²) >= 11 is 6.35. The van der Waals surface area contributed by atoms with Gasteiger partial charge in [0.25, 0.3) is 0 Å². The second-order valence-electron chi connectivity index (χ2n) is 7.73. The van der Waals surface area contributed by atoms with E-state index in [0.29, 0.717) is 22.6 Å². The van der Waals surface area contributed by atoms with Crippen LogP contribution in [0.4, 0.5) is 4.39 Å². The molecule has 154 valence electrons. The largest absolute Gasteiger partial charge is 0.344 e. The number of nitrogens with one attached hydrogen (secondary N) is 1. The SMILES string of the molecule is CC(C)(C)c1noc(C(=O)NCc2cc(F)c(-c3ncnn4cccc34)cc2Cl)n1. The molecular weight excluding hydrogens is 411 g/mol. The minimum Gasteiger partial charge on any atom is -0.344 e. The van der Waals surface area contributed by atoms with E-state index >= 15 is 0 Å². The Bertz CT molecular complexity index is 1240. The smallest absolute Gasteiger partial charge is 0.315 e. The van der Waals surface area contributed by atoms with Crippen LogP contribution in [0.15, 0.2) is 41.3 Å². The van der Waals surface area contributed by atoms with Crippen LogP contribution in [0.5, 0.6) is 0 Å². The number of hydrogen-bond acceptors (Lipinski definition) is 6.